The maximum atomic E-state index is 12.1. The topological polar surface area (TPSA) is 46.5 Å². The van der Waals surface area contributed by atoms with Crippen molar-refractivity contribution in [3.63, 3.8) is 0 Å². The minimum absolute atomic E-state index is 0.0102. The van der Waals surface area contributed by atoms with Gasteiger partial charge in [-0.3, -0.25) is 4.79 Å². The molecule has 0 fully saturated rings. The molecule has 1 atom stereocenters. The SMILES string of the molecule is CCCCCCCCCCCCCCCCCCCCCCCCCCCCCCCCCCCCCCCCCCCCCCCCCCCCCCOC(=O)CCCCCCCCCCC(O)CCCCCC. The van der Waals surface area contributed by atoms with Gasteiger partial charge in [0.25, 0.3) is 0 Å². The van der Waals surface area contributed by atoms with Crippen molar-refractivity contribution in [1.82, 2.24) is 0 Å². The summed E-state index contributed by atoms with van der Waals surface area (Å²) in [5.41, 5.74) is 0. The number of rotatable bonds is 69. The lowest BCUT2D eigenvalue weighted by Gasteiger charge is -2.10. The molecule has 0 heterocycles. The standard InChI is InChI=1S/C72H144O3/c1-3-5-7-9-10-11-12-13-14-15-16-17-18-19-20-21-22-23-24-25-26-27-28-29-30-31-32-33-34-35-36-37-38-39-40-41-42-43-44-45-46-47-48-49-50-51-52-53-56-59-62-66-70-75-72(74)69-65-61-58-55-54-57-60-64-68-71(73)67-63-8-6-4-2/h71,73H,3-70H2,1-2H3. The Hall–Kier alpha value is -0.570. The summed E-state index contributed by atoms with van der Waals surface area (Å²) >= 11 is 0. The van der Waals surface area contributed by atoms with Crippen molar-refractivity contribution >= 4 is 5.97 Å². The predicted molar refractivity (Wildman–Crippen MR) is 338 cm³/mol. The van der Waals surface area contributed by atoms with Crippen molar-refractivity contribution in [3.05, 3.63) is 0 Å². The Morgan fingerprint density at radius 2 is 0.400 bits per heavy atom. The second-order valence-corrected chi connectivity index (χ2v) is 25.1. The van der Waals surface area contributed by atoms with Crippen molar-refractivity contribution in [2.24, 2.45) is 0 Å². The van der Waals surface area contributed by atoms with Gasteiger partial charge in [-0.25, -0.2) is 0 Å². The van der Waals surface area contributed by atoms with E-state index >= 15 is 0 Å². The van der Waals surface area contributed by atoms with Crippen molar-refractivity contribution < 1.29 is 14.6 Å². The molecular formula is C72H144O3. The lowest BCUT2D eigenvalue weighted by Crippen LogP contribution is -2.06. The summed E-state index contributed by atoms with van der Waals surface area (Å²) in [4.78, 5) is 12.1. The Bertz CT molecular complexity index is 995. The van der Waals surface area contributed by atoms with Crippen molar-refractivity contribution in [3.8, 4) is 0 Å². The zero-order valence-corrected chi connectivity index (χ0v) is 52.4. The zero-order valence-electron chi connectivity index (χ0n) is 52.4. The van der Waals surface area contributed by atoms with Gasteiger partial charge in [0.05, 0.1) is 12.7 Å². The molecule has 3 heteroatoms. The van der Waals surface area contributed by atoms with Crippen LogP contribution in [-0.4, -0.2) is 23.8 Å². The van der Waals surface area contributed by atoms with Crippen LogP contribution in [0.4, 0.5) is 0 Å². The fourth-order valence-electron chi connectivity index (χ4n) is 11.9. The van der Waals surface area contributed by atoms with Gasteiger partial charge in [0.15, 0.2) is 0 Å². The molecule has 0 bridgehead atoms. The van der Waals surface area contributed by atoms with Crippen LogP contribution in [-0.2, 0) is 9.53 Å². The number of aliphatic hydroxyl groups is 1. The first-order chi connectivity index (χ1) is 37.2. The Balaban J connectivity index is 3.13. The molecule has 1 N–H and O–H groups in total. The summed E-state index contributed by atoms with van der Waals surface area (Å²) in [5.74, 6) is 0.0102. The van der Waals surface area contributed by atoms with Crippen molar-refractivity contribution in [2.75, 3.05) is 6.61 Å². The molecule has 0 aliphatic heterocycles. The molecular weight excluding hydrogens is 913 g/mol. The molecule has 1 unspecified atom stereocenters. The number of ether oxygens (including phenoxy) is 1. The van der Waals surface area contributed by atoms with Crippen LogP contribution in [0.25, 0.3) is 0 Å². The first kappa shape index (κ1) is 74.4. The molecule has 3 nitrogen and oxygen atoms in total. The molecule has 450 valence electrons. The van der Waals surface area contributed by atoms with Crippen LogP contribution in [0.1, 0.15) is 444 Å². The molecule has 0 saturated heterocycles. The molecule has 0 radical (unpaired) electrons. The molecule has 0 aliphatic rings. The molecule has 0 aliphatic carbocycles. The maximum absolute atomic E-state index is 12.1. The van der Waals surface area contributed by atoms with E-state index in [1.165, 1.54) is 392 Å². The van der Waals surface area contributed by atoms with Gasteiger partial charge in [-0.15, -0.1) is 0 Å². The first-order valence-corrected chi connectivity index (χ1v) is 36.0. The van der Waals surface area contributed by atoms with Gasteiger partial charge in [0, 0.05) is 6.42 Å². The highest BCUT2D eigenvalue weighted by Crippen LogP contribution is 2.20. The summed E-state index contributed by atoms with van der Waals surface area (Å²) in [6, 6.07) is 0. The van der Waals surface area contributed by atoms with Crippen LogP contribution in [0.5, 0.6) is 0 Å². The molecule has 0 saturated carbocycles. The minimum Gasteiger partial charge on any atom is -0.466 e. The summed E-state index contributed by atoms with van der Waals surface area (Å²) in [7, 11) is 0. The lowest BCUT2D eigenvalue weighted by atomic mass is 10.0. The van der Waals surface area contributed by atoms with Crippen LogP contribution < -0.4 is 0 Å². The van der Waals surface area contributed by atoms with Gasteiger partial charge in [-0.05, 0) is 25.7 Å². The number of aliphatic hydroxyl groups excluding tert-OH is 1. The van der Waals surface area contributed by atoms with E-state index in [-0.39, 0.29) is 12.1 Å². The zero-order chi connectivity index (χ0) is 53.9. The van der Waals surface area contributed by atoms with Gasteiger partial charge in [-0.2, -0.15) is 0 Å². The predicted octanol–water partition coefficient (Wildman–Crippen LogP) is 26.1. The largest absolute Gasteiger partial charge is 0.466 e. The second kappa shape index (κ2) is 69.5. The monoisotopic (exact) mass is 1060 g/mol. The summed E-state index contributed by atoms with van der Waals surface area (Å²) < 4.78 is 5.50. The van der Waals surface area contributed by atoms with Gasteiger partial charge in [0.2, 0.25) is 0 Å². The number of hydrogen-bond donors (Lipinski definition) is 1. The summed E-state index contributed by atoms with van der Waals surface area (Å²) in [6.45, 7) is 5.17. The van der Waals surface area contributed by atoms with E-state index < -0.39 is 0 Å². The normalized spacial score (nSPS) is 12.1. The maximum Gasteiger partial charge on any atom is 0.305 e. The van der Waals surface area contributed by atoms with Gasteiger partial charge in [0.1, 0.15) is 0 Å². The fourth-order valence-corrected chi connectivity index (χ4v) is 11.9. The number of carbonyl (C=O) groups excluding carboxylic acids is 1. The van der Waals surface area contributed by atoms with Crippen molar-refractivity contribution in [1.29, 1.82) is 0 Å². The third-order valence-electron chi connectivity index (χ3n) is 17.3. The molecule has 75 heavy (non-hydrogen) atoms. The summed E-state index contributed by atoms with van der Waals surface area (Å²) in [6.07, 6.45) is 92.6. The number of esters is 1. The van der Waals surface area contributed by atoms with E-state index in [1.807, 2.05) is 0 Å². The molecule has 0 rings (SSSR count). The van der Waals surface area contributed by atoms with Crippen molar-refractivity contribution in [2.45, 2.75) is 450 Å². The highest BCUT2D eigenvalue weighted by molar-refractivity contribution is 5.69. The number of unbranched alkanes of at least 4 members (excludes halogenated alkanes) is 61. The van der Waals surface area contributed by atoms with Gasteiger partial charge in [-0.1, -0.05) is 412 Å². The van der Waals surface area contributed by atoms with E-state index in [1.54, 1.807) is 0 Å². The Labute approximate surface area is 475 Å². The fraction of sp³-hybridized carbons (Fsp3) is 0.986. The quantitative estimate of drug-likeness (QED) is 0.0488. The average Bonchev–Trinajstić information content (AvgIpc) is 3.41. The molecule has 0 aromatic carbocycles. The highest BCUT2D eigenvalue weighted by atomic mass is 16.5. The number of hydrogen-bond acceptors (Lipinski definition) is 3. The van der Waals surface area contributed by atoms with E-state index in [2.05, 4.69) is 13.8 Å². The van der Waals surface area contributed by atoms with Crippen LogP contribution in [0.3, 0.4) is 0 Å². The van der Waals surface area contributed by atoms with Gasteiger partial charge >= 0.3 is 5.97 Å². The van der Waals surface area contributed by atoms with Crippen LogP contribution in [0.15, 0.2) is 0 Å². The molecule has 0 amide bonds. The van der Waals surface area contributed by atoms with E-state index in [0.29, 0.717) is 13.0 Å². The van der Waals surface area contributed by atoms with E-state index in [9.17, 15) is 9.90 Å². The van der Waals surface area contributed by atoms with Gasteiger partial charge < -0.3 is 9.84 Å². The molecule has 0 aromatic rings. The van der Waals surface area contributed by atoms with E-state index in [0.717, 1.165) is 32.1 Å². The lowest BCUT2D eigenvalue weighted by molar-refractivity contribution is -0.143. The third kappa shape index (κ3) is 69.5. The first-order valence-electron chi connectivity index (χ1n) is 36.0. The minimum atomic E-state index is -0.0805. The Morgan fingerprint density at radius 3 is 0.613 bits per heavy atom. The van der Waals surface area contributed by atoms with Crippen LogP contribution in [0.2, 0.25) is 0 Å². The third-order valence-corrected chi connectivity index (χ3v) is 17.3. The van der Waals surface area contributed by atoms with E-state index in [4.69, 9.17) is 4.74 Å². The second-order valence-electron chi connectivity index (χ2n) is 25.1. The molecule has 0 aromatic heterocycles. The summed E-state index contributed by atoms with van der Waals surface area (Å²) in [5, 5.41) is 10.1. The van der Waals surface area contributed by atoms with Crippen LogP contribution >= 0.6 is 0 Å². The average molecular weight is 1060 g/mol. The Morgan fingerprint density at radius 1 is 0.240 bits per heavy atom. The highest BCUT2D eigenvalue weighted by Gasteiger charge is 2.06. The van der Waals surface area contributed by atoms with Crippen LogP contribution in [0, 0.1) is 0 Å². The Kier molecular flexibility index (Phi) is 69.0. The molecule has 0 spiro atoms. The smallest absolute Gasteiger partial charge is 0.305 e. The number of carbonyl (C=O) groups is 1.